The van der Waals surface area contributed by atoms with Crippen LogP contribution in [0.25, 0.3) is 0 Å². The second-order valence-corrected chi connectivity index (χ2v) is 4.53. The van der Waals surface area contributed by atoms with Gasteiger partial charge in [-0.2, -0.15) is 0 Å². The number of carbonyl (C=O) groups excluding carboxylic acids is 1. The summed E-state index contributed by atoms with van der Waals surface area (Å²) in [5, 5.41) is 1.75. The molecule has 0 aromatic carbocycles. The van der Waals surface area contributed by atoms with Crippen LogP contribution in [0.5, 0.6) is 0 Å². The molecule has 1 aliphatic heterocycles. The number of nitrogens with zero attached hydrogens (tertiary/aromatic N) is 4. The van der Waals surface area contributed by atoms with Gasteiger partial charge in [-0.25, -0.2) is 15.0 Å². The standard InChI is InChI=1S/C12H18N4O2/c1-9-6-12(14-11(3)13-9)16-5-4-15(8-17)7-10(2)18-16/h6,8,10H,4-5,7H2,1-3H3/t10-/m0/s1. The van der Waals surface area contributed by atoms with Crippen LogP contribution >= 0.6 is 0 Å². The highest BCUT2D eigenvalue weighted by Gasteiger charge is 2.21. The molecule has 98 valence electrons. The third-order valence-electron chi connectivity index (χ3n) is 2.75. The van der Waals surface area contributed by atoms with E-state index in [1.807, 2.05) is 26.8 Å². The summed E-state index contributed by atoms with van der Waals surface area (Å²) in [4.78, 5) is 26.9. The molecule has 2 rings (SSSR count). The Labute approximate surface area is 107 Å². The number of aromatic nitrogens is 2. The van der Waals surface area contributed by atoms with E-state index in [0.29, 0.717) is 19.6 Å². The maximum absolute atomic E-state index is 10.8. The number of anilines is 1. The molecule has 2 heterocycles. The quantitative estimate of drug-likeness (QED) is 0.723. The maximum atomic E-state index is 10.8. The average molecular weight is 250 g/mol. The summed E-state index contributed by atoms with van der Waals surface area (Å²) in [6, 6.07) is 1.89. The van der Waals surface area contributed by atoms with E-state index in [1.165, 1.54) is 0 Å². The van der Waals surface area contributed by atoms with E-state index in [0.717, 1.165) is 23.7 Å². The van der Waals surface area contributed by atoms with Crippen LogP contribution in [0.3, 0.4) is 0 Å². The fourth-order valence-electron chi connectivity index (χ4n) is 2.03. The van der Waals surface area contributed by atoms with Gasteiger partial charge in [0.05, 0.1) is 6.54 Å². The Morgan fingerprint density at radius 3 is 2.83 bits per heavy atom. The summed E-state index contributed by atoms with van der Waals surface area (Å²) < 4.78 is 0. The van der Waals surface area contributed by atoms with E-state index in [1.54, 1.807) is 9.96 Å². The van der Waals surface area contributed by atoms with E-state index in [4.69, 9.17) is 4.84 Å². The van der Waals surface area contributed by atoms with Crippen LogP contribution in [-0.4, -0.2) is 47.0 Å². The molecule has 0 bridgehead atoms. The highest BCUT2D eigenvalue weighted by Crippen LogP contribution is 2.16. The van der Waals surface area contributed by atoms with Crippen LogP contribution < -0.4 is 5.06 Å². The minimum Gasteiger partial charge on any atom is -0.341 e. The number of carbonyl (C=O) groups is 1. The zero-order chi connectivity index (χ0) is 13.1. The Morgan fingerprint density at radius 1 is 1.39 bits per heavy atom. The molecular weight excluding hydrogens is 232 g/mol. The van der Waals surface area contributed by atoms with Crippen molar-refractivity contribution in [3.05, 3.63) is 17.6 Å². The summed E-state index contributed by atoms with van der Waals surface area (Å²) in [6.45, 7) is 7.57. The molecule has 1 saturated heterocycles. The molecule has 1 aliphatic rings. The van der Waals surface area contributed by atoms with Crippen LogP contribution in [0.2, 0.25) is 0 Å². The Morgan fingerprint density at radius 2 is 2.17 bits per heavy atom. The fourth-order valence-corrected chi connectivity index (χ4v) is 2.03. The average Bonchev–Trinajstić information content (AvgIpc) is 2.49. The Hall–Kier alpha value is -1.69. The third-order valence-corrected chi connectivity index (χ3v) is 2.75. The normalized spacial score (nSPS) is 20.7. The lowest BCUT2D eigenvalue weighted by Crippen LogP contribution is -2.30. The first kappa shape index (κ1) is 12.8. The molecule has 18 heavy (non-hydrogen) atoms. The first-order chi connectivity index (χ1) is 8.58. The lowest BCUT2D eigenvalue weighted by molar-refractivity contribution is -0.118. The number of hydrogen-bond acceptors (Lipinski definition) is 5. The lowest BCUT2D eigenvalue weighted by atomic mass is 10.4. The smallest absolute Gasteiger partial charge is 0.209 e. The largest absolute Gasteiger partial charge is 0.341 e. The van der Waals surface area contributed by atoms with Gasteiger partial charge in [0.15, 0.2) is 5.82 Å². The predicted octanol–water partition coefficient (Wildman–Crippen LogP) is 0.692. The molecule has 1 fully saturated rings. The topological polar surface area (TPSA) is 58.6 Å². The van der Waals surface area contributed by atoms with Crippen molar-refractivity contribution in [1.29, 1.82) is 0 Å². The summed E-state index contributed by atoms with van der Waals surface area (Å²) in [7, 11) is 0. The van der Waals surface area contributed by atoms with Crippen molar-refractivity contribution >= 4 is 12.2 Å². The molecule has 0 N–H and O–H groups in total. The minimum atomic E-state index is -0.0479. The molecule has 1 aromatic rings. The first-order valence-electron chi connectivity index (χ1n) is 6.04. The van der Waals surface area contributed by atoms with Crippen molar-refractivity contribution in [3.8, 4) is 0 Å². The highest BCUT2D eigenvalue weighted by molar-refractivity contribution is 5.47. The SMILES string of the molecule is Cc1cc(N2CCN(C=O)C[C@H](C)O2)nc(C)n1. The van der Waals surface area contributed by atoms with E-state index in [2.05, 4.69) is 9.97 Å². The number of rotatable bonds is 2. The zero-order valence-electron chi connectivity index (χ0n) is 11.0. The van der Waals surface area contributed by atoms with Crippen molar-refractivity contribution in [2.45, 2.75) is 26.9 Å². The maximum Gasteiger partial charge on any atom is 0.209 e. The lowest BCUT2D eigenvalue weighted by Gasteiger charge is -2.22. The van der Waals surface area contributed by atoms with Gasteiger partial charge in [-0.3, -0.25) is 9.63 Å². The number of hydrogen-bond donors (Lipinski definition) is 0. The number of aryl methyl sites for hydroxylation is 2. The van der Waals surface area contributed by atoms with Gasteiger partial charge >= 0.3 is 0 Å². The van der Waals surface area contributed by atoms with E-state index < -0.39 is 0 Å². The van der Waals surface area contributed by atoms with Gasteiger partial charge in [0.25, 0.3) is 0 Å². The molecular formula is C12H18N4O2. The molecule has 0 unspecified atom stereocenters. The molecule has 0 spiro atoms. The number of amides is 1. The fraction of sp³-hybridized carbons (Fsp3) is 0.583. The molecule has 1 aromatic heterocycles. The molecule has 6 heteroatoms. The van der Waals surface area contributed by atoms with Gasteiger partial charge in [0.2, 0.25) is 6.41 Å². The Bertz CT molecular complexity index is 418. The minimum absolute atomic E-state index is 0.0479. The number of hydroxylamine groups is 1. The van der Waals surface area contributed by atoms with Crippen LogP contribution in [-0.2, 0) is 9.63 Å². The van der Waals surface area contributed by atoms with E-state index in [9.17, 15) is 4.79 Å². The van der Waals surface area contributed by atoms with Crippen molar-refractivity contribution in [2.75, 3.05) is 24.7 Å². The van der Waals surface area contributed by atoms with Crippen LogP contribution in [0.1, 0.15) is 18.4 Å². The second kappa shape index (κ2) is 5.30. The van der Waals surface area contributed by atoms with Crippen LogP contribution in [0, 0.1) is 13.8 Å². The molecule has 0 saturated carbocycles. The van der Waals surface area contributed by atoms with E-state index in [-0.39, 0.29) is 6.10 Å². The molecule has 1 atom stereocenters. The van der Waals surface area contributed by atoms with Crippen molar-refractivity contribution in [2.24, 2.45) is 0 Å². The Kier molecular flexibility index (Phi) is 3.76. The summed E-state index contributed by atoms with van der Waals surface area (Å²) in [5.41, 5.74) is 0.908. The van der Waals surface area contributed by atoms with Crippen molar-refractivity contribution in [1.82, 2.24) is 14.9 Å². The zero-order valence-corrected chi connectivity index (χ0v) is 11.0. The predicted molar refractivity (Wildman–Crippen MR) is 67.0 cm³/mol. The summed E-state index contributed by atoms with van der Waals surface area (Å²) in [5.74, 6) is 1.47. The summed E-state index contributed by atoms with van der Waals surface area (Å²) >= 11 is 0. The molecule has 6 nitrogen and oxygen atoms in total. The molecule has 0 radical (unpaired) electrons. The monoisotopic (exact) mass is 250 g/mol. The van der Waals surface area contributed by atoms with Gasteiger partial charge in [0.1, 0.15) is 11.9 Å². The molecule has 1 amide bonds. The highest BCUT2D eigenvalue weighted by atomic mass is 16.7. The van der Waals surface area contributed by atoms with Crippen molar-refractivity contribution < 1.29 is 9.63 Å². The van der Waals surface area contributed by atoms with Crippen LogP contribution in [0.4, 0.5) is 5.82 Å². The van der Waals surface area contributed by atoms with Gasteiger partial charge in [-0.15, -0.1) is 0 Å². The van der Waals surface area contributed by atoms with Gasteiger partial charge < -0.3 is 4.90 Å². The van der Waals surface area contributed by atoms with Crippen molar-refractivity contribution in [3.63, 3.8) is 0 Å². The van der Waals surface area contributed by atoms with E-state index >= 15 is 0 Å². The van der Waals surface area contributed by atoms with Gasteiger partial charge in [-0.05, 0) is 20.8 Å². The molecule has 0 aliphatic carbocycles. The summed E-state index contributed by atoms with van der Waals surface area (Å²) in [6.07, 6.45) is 0.813. The van der Waals surface area contributed by atoms with Gasteiger partial charge in [-0.1, -0.05) is 0 Å². The second-order valence-electron chi connectivity index (χ2n) is 4.53. The Balaban J connectivity index is 2.19. The van der Waals surface area contributed by atoms with Crippen LogP contribution in [0.15, 0.2) is 6.07 Å². The third kappa shape index (κ3) is 2.95. The van der Waals surface area contributed by atoms with Gasteiger partial charge in [0, 0.05) is 24.8 Å². The first-order valence-corrected chi connectivity index (χ1v) is 6.04.